The second-order valence-corrected chi connectivity index (χ2v) is 4.99. The van der Waals surface area contributed by atoms with Crippen molar-refractivity contribution in [2.24, 2.45) is 5.92 Å². The summed E-state index contributed by atoms with van der Waals surface area (Å²) in [6.07, 6.45) is 5.28. The van der Waals surface area contributed by atoms with Gasteiger partial charge in [0.2, 0.25) is 0 Å². The van der Waals surface area contributed by atoms with Crippen LogP contribution in [-0.4, -0.2) is 23.5 Å². The van der Waals surface area contributed by atoms with Gasteiger partial charge in [0, 0.05) is 12.7 Å². The SMILES string of the molecule is CCCOc1cccnc1NCC(Cl)C1CC1. The molecule has 1 aromatic heterocycles. The highest BCUT2D eigenvalue weighted by molar-refractivity contribution is 6.21. The number of anilines is 1. The molecule has 1 fully saturated rings. The molecule has 17 heavy (non-hydrogen) atoms. The van der Waals surface area contributed by atoms with E-state index in [1.54, 1.807) is 6.20 Å². The van der Waals surface area contributed by atoms with Gasteiger partial charge in [-0.2, -0.15) is 0 Å². The Bertz CT molecular complexity index is 355. The Balaban J connectivity index is 1.89. The zero-order valence-electron chi connectivity index (χ0n) is 10.2. The van der Waals surface area contributed by atoms with Gasteiger partial charge in [-0.3, -0.25) is 0 Å². The van der Waals surface area contributed by atoms with Crippen molar-refractivity contribution in [3.05, 3.63) is 18.3 Å². The summed E-state index contributed by atoms with van der Waals surface area (Å²) in [5.41, 5.74) is 0. The van der Waals surface area contributed by atoms with Gasteiger partial charge < -0.3 is 10.1 Å². The van der Waals surface area contributed by atoms with Crippen LogP contribution in [0.2, 0.25) is 0 Å². The fourth-order valence-electron chi connectivity index (χ4n) is 1.67. The molecule has 0 saturated heterocycles. The lowest BCUT2D eigenvalue weighted by atomic mass is 10.3. The quantitative estimate of drug-likeness (QED) is 0.758. The highest BCUT2D eigenvalue weighted by Gasteiger charge is 2.29. The van der Waals surface area contributed by atoms with Crippen LogP contribution in [0.15, 0.2) is 18.3 Å². The monoisotopic (exact) mass is 254 g/mol. The number of nitrogens with one attached hydrogen (secondary N) is 1. The first kappa shape index (κ1) is 12.5. The van der Waals surface area contributed by atoms with Crippen molar-refractivity contribution in [1.82, 2.24) is 4.98 Å². The predicted octanol–water partition coefficient (Wildman–Crippen LogP) is 3.30. The zero-order valence-corrected chi connectivity index (χ0v) is 10.9. The van der Waals surface area contributed by atoms with E-state index in [1.807, 2.05) is 12.1 Å². The molecule has 1 aromatic rings. The molecule has 94 valence electrons. The lowest BCUT2D eigenvalue weighted by Gasteiger charge is -2.13. The fourth-order valence-corrected chi connectivity index (χ4v) is 2.00. The second kappa shape index (κ2) is 6.10. The van der Waals surface area contributed by atoms with Gasteiger partial charge in [-0.05, 0) is 37.3 Å². The summed E-state index contributed by atoms with van der Waals surface area (Å²) in [6.45, 7) is 3.56. The normalized spacial score (nSPS) is 16.6. The summed E-state index contributed by atoms with van der Waals surface area (Å²) in [7, 11) is 0. The van der Waals surface area contributed by atoms with E-state index in [2.05, 4.69) is 17.2 Å². The Kier molecular flexibility index (Phi) is 4.49. The van der Waals surface area contributed by atoms with Gasteiger partial charge in [-0.1, -0.05) is 6.92 Å². The number of rotatable bonds is 7. The maximum absolute atomic E-state index is 6.25. The van der Waals surface area contributed by atoms with Crippen molar-refractivity contribution in [2.45, 2.75) is 31.6 Å². The summed E-state index contributed by atoms with van der Waals surface area (Å²) in [6, 6.07) is 3.82. The van der Waals surface area contributed by atoms with Crippen molar-refractivity contribution in [2.75, 3.05) is 18.5 Å². The molecule has 0 amide bonds. The van der Waals surface area contributed by atoms with E-state index in [-0.39, 0.29) is 5.38 Å². The number of hydrogen-bond donors (Lipinski definition) is 1. The highest BCUT2D eigenvalue weighted by atomic mass is 35.5. The van der Waals surface area contributed by atoms with Gasteiger partial charge in [0.1, 0.15) is 0 Å². The van der Waals surface area contributed by atoms with Crippen LogP contribution in [0.3, 0.4) is 0 Å². The second-order valence-electron chi connectivity index (χ2n) is 4.43. The molecule has 0 spiro atoms. The molecule has 0 bridgehead atoms. The van der Waals surface area contributed by atoms with E-state index in [0.717, 1.165) is 24.5 Å². The van der Waals surface area contributed by atoms with Crippen LogP contribution in [0.25, 0.3) is 0 Å². The first-order valence-electron chi connectivity index (χ1n) is 6.27. The van der Waals surface area contributed by atoms with Crippen LogP contribution in [0.5, 0.6) is 5.75 Å². The Morgan fingerprint density at radius 1 is 1.59 bits per heavy atom. The maximum atomic E-state index is 6.25. The fraction of sp³-hybridized carbons (Fsp3) is 0.615. The average molecular weight is 255 g/mol. The molecule has 1 saturated carbocycles. The van der Waals surface area contributed by atoms with E-state index >= 15 is 0 Å². The van der Waals surface area contributed by atoms with Crippen LogP contribution in [0.4, 0.5) is 5.82 Å². The highest BCUT2D eigenvalue weighted by Crippen LogP contribution is 2.35. The minimum absolute atomic E-state index is 0.205. The van der Waals surface area contributed by atoms with Crippen LogP contribution in [0, 0.1) is 5.92 Å². The first-order chi connectivity index (χ1) is 8.31. The van der Waals surface area contributed by atoms with Crippen LogP contribution in [0.1, 0.15) is 26.2 Å². The van der Waals surface area contributed by atoms with Gasteiger partial charge in [0.15, 0.2) is 11.6 Å². The van der Waals surface area contributed by atoms with E-state index < -0.39 is 0 Å². The molecule has 2 rings (SSSR count). The number of aromatic nitrogens is 1. The summed E-state index contributed by atoms with van der Waals surface area (Å²) in [5.74, 6) is 2.30. The molecular weight excluding hydrogens is 236 g/mol. The summed E-state index contributed by atoms with van der Waals surface area (Å²) >= 11 is 6.25. The molecule has 1 atom stereocenters. The Morgan fingerprint density at radius 3 is 3.12 bits per heavy atom. The van der Waals surface area contributed by atoms with E-state index in [0.29, 0.717) is 12.5 Å². The standard InChI is InChI=1S/C13H19ClN2O/c1-2-8-17-12-4-3-7-15-13(12)16-9-11(14)10-5-6-10/h3-4,7,10-11H,2,5-6,8-9H2,1H3,(H,15,16). The Labute approximate surface area is 108 Å². The number of ether oxygens (including phenoxy) is 1. The number of halogens is 1. The van der Waals surface area contributed by atoms with Crippen LogP contribution >= 0.6 is 11.6 Å². The first-order valence-corrected chi connectivity index (χ1v) is 6.70. The van der Waals surface area contributed by atoms with Crippen molar-refractivity contribution in [3.8, 4) is 5.75 Å². The van der Waals surface area contributed by atoms with Crippen LogP contribution in [-0.2, 0) is 0 Å². The lowest BCUT2D eigenvalue weighted by molar-refractivity contribution is 0.318. The summed E-state index contributed by atoms with van der Waals surface area (Å²) in [4.78, 5) is 4.29. The predicted molar refractivity (Wildman–Crippen MR) is 70.9 cm³/mol. The van der Waals surface area contributed by atoms with E-state index in [4.69, 9.17) is 16.3 Å². The third kappa shape index (κ3) is 3.77. The van der Waals surface area contributed by atoms with Crippen LogP contribution < -0.4 is 10.1 Å². The molecule has 3 nitrogen and oxygen atoms in total. The van der Waals surface area contributed by atoms with Gasteiger partial charge in [0.05, 0.1) is 12.0 Å². The van der Waals surface area contributed by atoms with E-state index in [9.17, 15) is 0 Å². The molecule has 1 unspecified atom stereocenters. The molecule has 4 heteroatoms. The minimum Gasteiger partial charge on any atom is -0.490 e. The minimum atomic E-state index is 0.205. The van der Waals surface area contributed by atoms with Crippen molar-refractivity contribution in [1.29, 1.82) is 0 Å². The molecular formula is C13H19ClN2O. The van der Waals surface area contributed by atoms with Crippen molar-refractivity contribution >= 4 is 17.4 Å². The number of pyridine rings is 1. The number of hydrogen-bond acceptors (Lipinski definition) is 3. The molecule has 0 aromatic carbocycles. The maximum Gasteiger partial charge on any atom is 0.168 e. The molecule has 1 N–H and O–H groups in total. The van der Waals surface area contributed by atoms with Gasteiger partial charge in [-0.15, -0.1) is 11.6 Å². The van der Waals surface area contributed by atoms with Gasteiger partial charge in [0.25, 0.3) is 0 Å². The lowest BCUT2D eigenvalue weighted by Crippen LogP contribution is -2.17. The van der Waals surface area contributed by atoms with Crippen molar-refractivity contribution in [3.63, 3.8) is 0 Å². The summed E-state index contributed by atoms with van der Waals surface area (Å²) in [5, 5.41) is 3.48. The molecule has 0 radical (unpaired) electrons. The Morgan fingerprint density at radius 2 is 2.41 bits per heavy atom. The number of nitrogens with zero attached hydrogens (tertiary/aromatic N) is 1. The van der Waals surface area contributed by atoms with Gasteiger partial charge in [-0.25, -0.2) is 4.98 Å². The number of alkyl halides is 1. The zero-order chi connectivity index (χ0) is 12.1. The van der Waals surface area contributed by atoms with Gasteiger partial charge >= 0.3 is 0 Å². The third-order valence-corrected chi connectivity index (χ3v) is 3.34. The Hall–Kier alpha value is -0.960. The topological polar surface area (TPSA) is 34.1 Å². The average Bonchev–Trinajstić information content (AvgIpc) is 3.18. The molecule has 1 aliphatic rings. The molecule has 1 heterocycles. The largest absolute Gasteiger partial charge is 0.490 e. The third-order valence-electron chi connectivity index (χ3n) is 2.83. The molecule has 1 aliphatic carbocycles. The van der Waals surface area contributed by atoms with E-state index in [1.165, 1.54) is 12.8 Å². The smallest absolute Gasteiger partial charge is 0.168 e. The summed E-state index contributed by atoms with van der Waals surface area (Å²) < 4.78 is 5.63. The van der Waals surface area contributed by atoms with Crippen molar-refractivity contribution < 1.29 is 4.74 Å². The molecule has 0 aliphatic heterocycles.